The number of ether oxygens (including phenoxy) is 1. The van der Waals surface area contributed by atoms with Crippen LogP contribution < -0.4 is 0 Å². The topological polar surface area (TPSA) is 29.5 Å². The van der Waals surface area contributed by atoms with Crippen LogP contribution in [0.3, 0.4) is 0 Å². The van der Waals surface area contributed by atoms with Crippen molar-refractivity contribution in [2.24, 2.45) is 5.92 Å². The monoisotopic (exact) mass is 178 g/mol. The van der Waals surface area contributed by atoms with Crippen LogP contribution >= 0.6 is 11.6 Å². The highest BCUT2D eigenvalue weighted by atomic mass is 35.5. The average molecular weight is 179 g/mol. The summed E-state index contributed by atoms with van der Waals surface area (Å²) >= 11 is 5.88. The summed E-state index contributed by atoms with van der Waals surface area (Å²) in [5, 5.41) is 9.67. The van der Waals surface area contributed by atoms with Gasteiger partial charge >= 0.3 is 0 Å². The Morgan fingerprint density at radius 3 is 2.82 bits per heavy atom. The van der Waals surface area contributed by atoms with E-state index in [1.807, 2.05) is 0 Å². The van der Waals surface area contributed by atoms with Crippen LogP contribution in [0, 0.1) is 5.92 Å². The fraction of sp³-hybridized carbons (Fsp3) is 1.00. The highest BCUT2D eigenvalue weighted by Gasteiger charge is 2.27. The number of aliphatic hydroxyl groups excluding tert-OH is 1. The molecule has 0 spiro atoms. The summed E-state index contributed by atoms with van der Waals surface area (Å²) in [6.07, 6.45) is 2.46. The van der Waals surface area contributed by atoms with Crippen molar-refractivity contribution in [3.63, 3.8) is 0 Å². The van der Waals surface area contributed by atoms with Crippen LogP contribution in [0.25, 0.3) is 0 Å². The summed E-state index contributed by atoms with van der Waals surface area (Å²) in [5.41, 5.74) is 0. The Labute approximate surface area is 72.5 Å². The van der Waals surface area contributed by atoms with Crippen LogP contribution in [0.1, 0.15) is 19.3 Å². The summed E-state index contributed by atoms with van der Waals surface area (Å²) in [4.78, 5) is 0. The zero-order valence-electron chi connectivity index (χ0n) is 6.79. The first-order chi connectivity index (χ1) is 5.24. The smallest absolute Gasteiger partial charge is 0.0604 e. The van der Waals surface area contributed by atoms with Crippen molar-refractivity contribution in [3.8, 4) is 0 Å². The molecule has 0 aromatic heterocycles. The van der Waals surface area contributed by atoms with Gasteiger partial charge in [-0.25, -0.2) is 0 Å². The lowest BCUT2D eigenvalue weighted by atomic mass is 9.87. The molecule has 3 heteroatoms. The molecule has 1 aliphatic rings. The number of methoxy groups -OCH3 is 1. The van der Waals surface area contributed by atoms with E-state index in [-0.39, 0.29) is 11.5 Å². The Hall–Kier alpha value is 0.210. The third-order valence-electron chi connectivity index (χ3n) is 2.27. The SMILES string of the molecule is COCC1CCC(Cl)CC1O. The Kier molecular flexibility index (Phi) is 3.63. The summed E-state index contributed by atoms with van der Waals surface area (Å²) in [7, 11) is 1.67. The standard InChI is InChI=1S/C8H15ClO2/c1-11-5-6-2-3-7(9)4-8(6)10/h6-8,10H,2-5H2,1H3. The second kappa shape index (κ2) is 4.29. The molecular weight excluding hydrogens is 164 g/mol. The lowest BCUT2D eigenvalue weighted by Gasteiger charge is -2.29. The van der Waals surface area contributed by atoms with Gasteiger partial charge in [0.05, 0.1) is 12.7 Å². The molecule has 3 atom stereocenters. The molecule has 0 aliphatic heterocycles. The minimum absolute atomic E-state index is 0.165. The lowest BCUT2D eigenvalue weighted by Crippen LogP contribution is -2.32. The Morgan fingerprint density at radius 2 is 2.27 bits per heavy atom. The molecule has 0 aromatic rings. The van der Waals surface area contributed by atoms with Gasteiger partial charge in [0.1, 0.15) is 0 Å². The molecule has 0 saturated heterocycles. The van der Waals surface area contributed by atoms with Gasteiger partial charge in [0.15, 0.2) is 0 Å². The highest BCUT2D eigenvalue weighted by Crippen LogP contribution is 2.27. The van der Waals surface area contributed by atoms with E-state index in [4.69, 9.17) is 16.3 Å². The van der Waals surface area contributed by atoms with Crippen molar-refractivity contribution in [3.05, 3.63) is 0 Å². The molecule has 0 bridgehead atoms. The Bertz CT molecular complexity index is 119. The van der Waals surface area contributed by atoms with Crippen molar-refractivity contribution < 1.29 is 9.84 Å². The fourth-order valence-corrected chi connectivity index (χ4v) is 1.88. The summed E-state index contributed by atoms with van der Waals surface area (Å²) in [6, 6.07) is 0. The fourth-order valence-electron chi connectivity index (χ4n) is 1.57. The number of halogens is 1. The minimum Gasteiger partial charge on any atom is -0.393 e. The Morgan fingerprint density at radius 1 is 1.55 bits per heavy atom. The van der Waals surface area contributed by atoms with E-state index >= 15 is 0 Å². The van der Waals surface area contributed by atoms with Gasteiger partial charge < -0.3 is 9.84 Å². The molecular formula is C8H15ClO2. The highest BCUT2D eigenvalue weighted by molar-refractivity contribution is 6.20. The van der Waals surface area contributed by atoms with Crippen LogP contribution in [-0.4, -0.2) is 30.3 Å². The van der Waals surface area contributed by atoms with Crippen LogP contribution in [-0.2, 0) is 4.74 Å². The maximum Gasteiger partial charge on any atom is 0.0604 e. The number of hydrogen-bond donors (Lipinski definition) is 1. The number of rotatable bonds is 2. The molecule has 11 heavy (non-hydrogen) atoms. The van der Waals surface area contributed by atoms with E-state index in [2.05, 4.69) is 0 Å². The van der Waals surface area contributed by atoms with Crippen LogP contribution in [0.4, 0.5) is 0 Å². The molecule has 1 saturated carbocycles. The molecule has 66 valence electrons. The number of aliphatic hydroxyl groups is 1. The summed E-state index contributed by atoms with van der Waals surface area (Å²) < 4.78 is 4.98. The first-order valence-corrected chi connectivity index (χ1v) is 4.48. The van der Waals surface area contributed by atoms with Gasteiger partial charge in [-0.1, -0.05) is 0 Å². The van der Waals surface area contributed by atoms with Gasteiger partial charge in [0.2, 0.25) is 0 Å². The van der Waals surface area contributed by atoms with Crippen LogP contribution in [0.5, 0.6) is 0 Å². The average Bonchev–Trinajstić information content (AvgIpc) is 1.95. The molecule has 1 N–H and O–H groups in total. The van der Waals surface area contributed by atoms with Crippen molar-refractivity contribution in [2.45, 2.75) is 30.7 Å². The molecule has 1 aliphatic carbocycles. The largest absolute Gasteiger partial charge is 0.393 e. The molecule has 1 rings (SSSR count). The number of alkyl halides is 1. The van der Waals surface area contributed by atoms with E-state index in [9.17, 15) is 5.11 Å². The predicted octanol–water partition coefficient (Wildman–Crippen LogP) is 1.40. The second-order valence-electron chi connectivity index (χ2n) is 3.19. The molecule has 2 nitrogen and oxygen atoms in total. The van der Waals surface area contributed by atoms with Crippen molar-refractivity contribution in [2.75, 3.05) is 13.7 Å². The van der Waals surface area contributed by atoms with Crippen molar-refractivity contribution in [1.82, 2.24) is 0 Å². The molecule has 0 amide bonds. The predicted molar refractivity (Wildman–Crippen MR) is 44.9 cm³/mol. The van der Waals surface area contributed by atoms with E-state index in [1.54, 1.807) is 7.11 Å². The van der Waals surface area contributed by atoms with E-state index in [0.29, 0.717) is 12.5 Å². The van der Waals surface area contributed by atoms with Gasteiger partial charge in [0, 0.05) is 18.4 Å². The summed E-state index contributed by atoms with van der Waals surface area (Å²) in [6.45, 7) is 0.658. The van der Waals surface area contributed by atoms with E-state index < -0.39 is 0 Å². The normalized spacial score (nSPS) is 39.0. The van der Waals surface area contributed by atoms with Gasteiger partial charge in [0.25, 0.3) is 0 Å². The third kappa shape index (κ3) is 2.62. The Balaban J connectivity index is 2.31. The molecule has 0 heterocycles. The van der Waals surface area contributed by atoms with Gasteiger partial charge in [-0.15, -0.1) is 11.6 Å². The number of hydrogen-bond acceptors (Lipinski definition) is 2. The maximum absolute atomic E-state index is 9.51. The third-order valence-corrected chi connectivity index (χ3v) is 2.67. The quantitative estimate of drug-likeness (QED) is 0.648. The molecule has 3 unspecified atom stereocenters. The van der Waals surface area contributed by atoms with Crippen LogP contribution in [0.15, 0.2) is 0 Å². The zero-order valence-corrected chi connectivity index (χ0v) is 7.55. The van der Waals surface area contributed by atoms with Gasteiger partial charge in [-0.05, 0) is 19.3 Å². The molecule has 0 radical (unpaired) electrons. The van der Waals surface area contributed by atoms with E-state index in [0.717, 1.165) is 19.3 Å². The molecule has 1 fully saturated rings. The first-order valence-electron chi connectivity index (χ1n) is 4.05. The second-order valence-corrected chi connectivity index (χ2v) is 3.81. The van der Waals surface area contributed by atoms with Gasteiger partial charge in [-0.2, -0.15) is 0 Å². The van der Waals surface area contributed by atoms with Crippen molar-refractivity contribution in [1.29, 1.82) is 0 Å². The zero-order chi connectivity index (χ0) is 8.27. The van der Waals surface area contributed by atoms with Crippen LogP contribution in [0.2, 0.25) is 0 Å². The van der Waals surface area contributed by atoms with Crippen molar-refractivity contribution >= 4 is 11.6 Å². The maximum atomic E-state index is 9.51. The first kappa shape index (κ1) is 9.30. The van der Waals surface area contributed by atoms with Gasteiger partial charge in [-0.3, -0.25) is 0 Å². The van der Waals surface area contributed by atoms with E-state index in [1.165, 1.54) is 0 Å². The lowest BCUT2D eigenvalue weighted by molar-refractivity contribution is 0.0221. The molecule has 0 aromatic carbocycles. The summed E-state index contributed by atoms with van der Waals surface area (Å²) in [5.74, 6) is 0.301. The minimum atomic E-state index is -0.258.